The van der Waals surface area contributed by atoms with Gasteiger partial charge in [-0.3, -0.25) is 9.59 Å². The van der Waals surface area contributed by atoms with Crippen LogP contribution >= 0.6 is 0 Å². The van der Waals surface area contributed by atoms with Crippen molar-refractivity contribution in [2.45, 2.75) is 57.7 Å². The number of likely N-dealkylation sites (tertiary alicyclic amines) is 1. The van der Waals surface area contributed by atoms with Crippen LogP contribution < -0.4 is 26.4 Å². The topological polar surface area (TPSA) is 113 Å². The number of anilines is 1. The van der Waals surface area contributed by atoms with Crippen LogP contribution in [-0.2, 0) is 16.0 Å². The number of nitrogens with zero attached hydrogens (tertiary/aromatic N) is 2. The number of hydrogen-bond acceptors (Lipinski definition) is 5. The summed E-state index contributed by atoms with van der Waals surface area (Å²) in [7, 11) is 0. The molecule has 2 aromatic rings. The number of ether oxygens (including phenoxy) is 1. The molecule has 3 atom stereocenters. The van der Waals surface area contributed by atoms with Gasteiger partial charge in [-0.05, 0) is 43.9 Å². The first kappa shape index (κ1) is 21.1. The number of amides is 2. The Balaban J connectivity index is 1.45. The van der Waals surface area contributed by atoms with Crippen molar-refractivity contribution >= 4 is 29.7 Å². The first-order chi connectivity index (χ1) is 14.9. The van der Waals surface area contributed by atoms with Crippen LogP contribution in [0, 0.1) is 0 Å². The standard InChI is InChI=1S/C23H29N5O3/c1-14-4-3-9-28(14)23(30)20(24)10-16-12-25-21-7-6-18(11-19(16)21)31-22-8-5-17(13-26-22)27-15(2)29/h5,7-8,11-14,18,20,25H,3-4,6,9-10,24H2,1-2H3,(H,27,29)/t14-,18?,20+/m1/s1. The van der Waals surface area contributed by atoms with Crippen molar-refractivity contribution in [1.29, 1.82) is 0 Å². The van der Waals surface area contributed by atoms with Crippen LogP contribution in [0.3, 0.4) is 0 Å². The highest BCUT2D eigenvalue weighted by Crippen LogP contribution is 2.18. The fourth-order valence-corrected chi connectivity index (χ4v) is 4.28. The van der Waals surface area contributed by atoms with Crippen LogP contribution in [0.15, 0.2) is 24.5 Å². The maximum Gasteiger partial charge on any atom is 0.240 e. The quantitative estimate of drug-likeness (QED) is 0.632. The lowest BCUT2D eigenvalue weighted by Gasteiger charge is -2.24. The number of nitrogens with one attached hydrogen (secondary N) is 2. The summed E-state index contributed by atoms with van der Waals surface area (Å²) in [4.78, 5) is 33.3. The molecule has 2 amide bonds. The average Bonchev–Trinajstić information content (AvgIpc) is 3.34. The van der Waals surface area contributed by atoms with Crippen LogP contribution in [0.2, 0.25) is 0 Å². The Hall–Kier alpha value is -3.13. The number of aromatic amines is 1. The number of aromatic nitrogens is 2. The molecule has 0 bridgehead atoms. The molecule has 8 nitrogen and oxygen atoms in total. The number of fused-ring (bicyclic) bond motifs is 1. The summed E-state index contributed by atoms with van der Waals surface area (Å²) >= 11 is 0. The van der Waals surface area contributed by atoms with Gasteiger partial charge in [-0.25, -0.2) is 4.98 Å². The zero-order chi connectivity index (χ0) is 22.0. The highest BCUT2D eigenvalue weighted by atomic mass is 16.5. The molecular weight excluding hydrogens is 394 g/mol. The van der Waals surface area contributed by atoms with Gasteiger partial charge in [-0.15, -0.1) is 0 Å². The van der Waals surface area contributed by atoms with Crippen molar-refractivity contribution in [3.8, 4) is 5.88 Å². The predicted molar refractivity (Wildman–Crippen MR) is 119 cm³/mol. The maximum atomic E-state index is 12.8. The molecule has 3 heterocycles. The molecule has 2 aromatic heterocycles. The van der Waals surface area contributed by atoms with Crippen LogP contribution in [0.5, 0.6) is 5.88 Å². The summed E-state index contributed by atoms with van der Waals surface area (Å²) in [5.41, 5.74) is 7.93. The molecule has 1 fully saturated rings. The van der Waals surface area contributed by atoms with E-state index in [9.17, 15) is 9.59 Å². The number of hydrogen-bond donors (Lipinski definition) is 3. The van der Waals surface area contributed by atoms with Crippen LogP contribution in [-0.4, -0.2) is 51.4 Å². The molecule has 1 aliphatic heterocycles. The Labute approximate surface area is 181 Å². The summed E-state index contributed by atoms with van der Waals surface area (Å²) in [5.74, 6) is 0.365. The summed E-state index contributed by atoms with van der Waals surface area (Å²) in [5, 5.41) is 4.74. The molecule has 2 aliphatic rings. The van der Waals surface area contributed by atoms with E-state index in [0.717, 1.165) is 35.5 Å². The molecule has 0 spiro atoms. The number of H-pyrrole nitrogens is 1. The monoisotopic (exact) mass is 423 g/mol. The van der Waals surface area contributed by atoms with E-state index in [1.165, 1.54) is 6.92 Å². The molecule has 1 unspecified atom stereocenters. The molecule has 1 saturated heterocycles. The van der Waals surface area contributed by atoms with Crippen molar-refractivity contribution in [3.63, 3.8) is 0 Å². The van der Waals surface area contributed by atoms with E-state index in [1.54, 1.807) is 18.3 Å². The summed E-state index contributed by atoms with van der Waals surface area (Å²) in [6.07, 6.45) is 10.7. The van der Waals surface area contributed by atoms with Gasteiger partial charge in [0.15, 0.2) is 0 Å². The molecule has 0 aromatic carbocycles. The Morgan fingerprint density at radius 2 is 2.26 bits per heavy atom. The highest BCUT2D eigenvalue weighted by Gasteiger charge is 2.29. The lowest BCUT2D eigenvalue weighted by atomic mass is 10.0. The normalized spacial score (nSPS) is 20.9. The minimum Gasteiger partial charge on any atom is -0.470 e. The molecule has 4 N–H and O–H groups in total. The number of carbonyl (C=O) groups is 2. The van der Waals surface area contributed by atoms with Gasteiger partial charge in [0.1, 0.15) is 6.10 Å². The van der Waals surface area contributed by atoms with Crippen molar-refractivity contribution in [3.05, 3.63) is 40.7 Å². The third-order valence-electron chi connectivity index (χ3n) is 5.87. The van der Waals surface area contributed by atoms with Crippen molar-refractivity contribution < 1.29 is 14.3 Å². The fraction of sp³-hybridized carbons (Fsp3) is 0.435. The highest BCUT2D eigenvalue weighted by molar-refractivity contribution is 5.88. The van der Waals surface area contributed by atoms with E-state index >= 15 is 0 Å². The van der Waals surface area contributed by atoms with E-state index in [4.69, 9.17) is 10.5 Å². The van der Waals surface area contributed by atoms with Crippen LogP contribution in [0.1, 0.15) is 38.7 Å². The third-order valence-corrected chi connectivity index (χ3v) is 5.87. The van der Waals surface area contributed by atoms with Gasteiger partial charge in [-0.2, -0.15) is 0 Å². The third kappa shape index (κ3) is 4.80. The fourth-order valence-electron chi connectivity index (χ4n) is 4.28. The number of carbonyl (C=O) groups excluding carboxylic acids is 2. The second kappa shape index (κ2) is 8.93. The molecule has 0 saturated carbocycles. The Bertz CT molecular complexity index is 1080. The number of nitrogens with two attached hydrogens (primary N) is 1. The molecule has 0 radical (unpaired) electrons. The second-order valence-electron chi connectivity index (χ2n) is 8.30. The van der Waals surface area contributed by atoms with Crippen LogP contribution in [0.4, 0.5) is 5.69 Å². The van der Waals surface area contributed by atoms with Gasteiger partial charge in [0, 0.05) is 48.8 Å². The zero-order valence-electron chi connectivity index (χ0n) is 17.9. The van der Waals surface area contributed by atoms with Crippen molar-refractivity contribution in [2.24, 2.45) is 5.73 Å². The van der Waals surface area contributed by atoms with Gasteiger partial charge in [0.05, 0.1) is 17.9 Å². The number of rotatable bonds is 6. The van der Waals surface area contributed by atoms with Crippen molar-refractivity contribution in [2.75, 3.05) is 11.9 Å². The van der Waals surface area contributed by atoms with Gasteiger partial charge >= 0.3 is 0 Å². The van der Waals surface area contributed by atoms with Crippen molar-refractivity contribution in [1.82, 2.24) is 14.9 Å². The second-order valence-corrected chi connectivity index (χ2v) is 8.30. The largest absolute Gasteiger partial charge is 0.470 e. The van der Waals surface area contributed by atoms with E-state index in [2.05, 4.69) is 34.4 Å². The van der Waals surface area contributed by atoms with Gasteiger partial charge in [0.2, 0.25) is 17.7 Å². The molecular formula is C23H29N5O3. The molecule has 4 rings (SSSR count). The molecule has 8 heteroatoms. The SMILES string of the molecule is CC(=O)Nc1ccc(OC2C=c3c(C[C@H](N)C(=O)N4CCC[C@H]4C)c[nH]c3=CC2)nc1. The predicted octanol–water partition coefficient (Wildman–Crippen LogP) is 0.661. The van der Waals surface area contributed by atoms with Crippen LogP contribution in [0.25, 0.3) is 12.2 Å². The van der Waals surface area contributed by atoms with Gasteiger partial charge < -0.3 is 25.7 Å². The number of pyridine rings is 1. The minimum absolute atomic E-state index is 0.0241. The molecule has 1 aliphatic carbocycles. The van der Waals surface area contributed by atoms with Gasteiger partial charge in [0.25, 0.3) is 0 Å². The average molecular weight is 424 g/mol. The summed E-state index contributed by atoms with van der Waals surface area (Å²) in [6, 6.07) is 3.20. The van der Waals surface area contributed by atoms with E-state index < -0.39 is 6.04 Å². The van der Waals surface area contributed by atoms with Gasteiger partial charge in [-0.1, -0.05) is 6.08 Å². The molecule has 31 heavy (non-hydrogen) atoms. The van der Waals surface area contributed by atoms with E-state index in [0.29, 0.717) is 24.4 Å². The lowest BCUT2D eigenvalue weighted by Crippen LogP contribution is -2.47. The van der Waals surface area contributed by atoms with E-state index in [-0.39, 0.29) is 24.0 Å². The van der Waals surface area contributed by atoms with E-state index in [1.807, 2.05) is 11.1 Å². The Kier molecular flexibility index (Phi) is 6.08. The smallest absolute Gasteiger partial charge is 0.240 e. The zero-order valence-corrected chi connectivity index (χ0v) is 17.9. The first-order valence-corrected chi connectivity index (χ1v) is 10.8. The maximum absolute atomic E-state index is 12.8. The summed E-state index contributed by atoms with van der Waals surface area (Å²) in [6.45, 7) is 4.33. The first-order valence-electron chi connectivity index (χ1n) is 10.8. The lowest BCUT2D eigenvalue weighted by molar-refractivity contribution is -0.133. The minimum atomic E-state index is -0.557. The summed E-state index contributed by atoms with van der Waals surface area (Å²) < 4.78 is 6.01. The molecule has 164 valence electrons. The Morgan fingerprint density at radius 1 is 1.42 bits per heavy atom. The Morgan fingerprint density at radius 3 is 2.94 bits per heavy atom.